The molecule has 6 rings (SSSR count). The standard InChI is InChI=1S/C28H24F9NO2.C22H17F6NO.C6H9F3O2.2CH4.Cl2OS/c1-25(2,16-27(33,34)35)24(39)38-26(15-17-6-4-3-5-7-17,18-8-10-20(29)11-9-18)19-12-21(30)14-22(13-19)40-28(36,37)23(31)32;23-17-8-6-15(7-9-17)21(29,13-14-4-2-1-3-5-14)16-10-18(24)12-19(11-16)30-22(27,28)20(25)26;1-5(2,4(10)11)3-6(7,8)9;;;1-4(2)3/h3-14,23H,15-16H2,1-2H3,(H,38,39);1-12,20H,13,29H2;3H2,1-2H3,(H,10,11);2*1H4;/t26-;21-;;;;/m11..../s1. The maximum absolute atomic E-state index is 14.8. The quantitative estimate of drug-likeness (QED) is 0.0544. The summed E-state index contributed by atoms with van der Waals surface area (Å²) in [6.45, 7) is 4.14. The van der Waals surface area contributed by atoms with Gasteiger partial charge in [0, 0.05) is 39.9 Å². The zero-order valence-electron chi connectivity index (χ0n) is 44.4. The molecule has 2 atom stereocenters. The van der Waals surface area contributed by atoms with Gasteiger partial charge in [0.2, 0.25) is 15.1 Å². The van der Waals surface area contributed by atoms with Crippen LogP contribution in [-0.4, -0.2) is 58.6 Å². The third kappa shape index (κ3) is 24.8. The van der Waals surface area contributed by atoms with E-state index in [2.05, 4.69) is 36.2 Å². The van der Waals surface area contributed by atoms with E-state index >= 15 is 0 Å². The molecule has 6 aromatic carbocycles. The fourth-order valence-electron chi connectivity index (χ4n) is 7.90. The van der Waals surface area contributed by atoms with E-state index in [9.17, 15) is 88.6 Å². The van der Waals surface area contributed by atoms with Gasteiger partial charge in [0.05, 0.1) is 34.7 Å². The molecule has 4 N–H and O–H groups in total. The highest BCUT2D eigenvalue weighted by Gasteiger charge is 2.48. The van der Waals surface area contributed by atoms with Crippen molar-refractivity contribution in [3.8, 4) is 11.5 Å². The van der Waals surface area contributed by atoms with Crippen molar-refractivity contribution in [1.29, 1.82) is 0 Å². The molecule has 0 aliphatic carbocycles. The normalized spacial score (nSPS) is 13.3. The first kappa shape index (κ1) is 78.3. The third-order valence-corrected chi connectivity index (χ3v) is 11.9. The first-order chi connectivity index (χ1) is 38.9. The van der Waals surface area contributed by atoms with Crippen molar-refractivity contribution in [1.82, 2.24) is 5.32 Å². The topological polar surface area (TPSA) is 128 Å². The number of rotatable bonds is 19. The van der Waals surface area contributed by atoms with Crippen LogP contribution in [0.15, 0.2) is 146 Å². The Bertz CT molecular complexity index is 3140. The third-order valence-electron chi connectivity index (χ3n) is 11.9. The molecule has 29 heteroatoms. The van der Waals surface area contributed by atoms with Crippen LogP contribution < -0.4 is 20.5 Å². The molecule has 0 aliphatic rings. The largest absolute Gasteiger partial charge is 0.481 e. The molecule has 0 spiro atoms. The summed E-state index contributed by atoms with van der Waals surface area (Å²) >= 11 is 0. The number of amides is 1. The second-order valence-electron chi connectivity index (χ2n) is 19.8. The Kier molecular flexibility index (Phi) is 28.8. The van der Waals surface area contributed by atoms with Crippen LogP contribution in [0.2, 0.25) is 0 Å². The van der Waals surface area contributed by atoms with Crippen molar-refractivity contribution in [3.63, 3.8) is 0 Å². The molecular formula is C58H58Cl2F18N2O6S. The number of halogens is 20. The number of carboxylic acid groups (broad SMARTS) is 1. The number of nitrogens with one attached hydrogen (secondary N) is 1. The van der Waals surface area contributed by atoms with Gasteiger partial charge in [0.1, 0.15) is 34.8 Å². The number of carbonyl (C=O) groups is 2. The lowest BCUT2D eigenvalue weighted by Crippen LogP contribution is -2.53. The Hall–Kier alpha value is -6.71. The summed E-state index contributed by atoms with van der Waals surface area (Å²) in [5.41, 5.74) is 0.554. The van der Waals surface area contributed by atoms with Crippen LogP contribution in [0.1, 0.15) is 88.8 Å². The van der Waals surface area contributed by atoms with E-state index < -0.39 is 128 Å². The van der Waals surface area contributed by atoms with Crippen molar-refractivity contribution in [2.45, 2.75) is 117 Å². The van der Waals surface area contributed by atoms with Crippen LogP contribution in [0.25, 0.3) is 0 Å². The summed E-state index contributed by atoms with van der Waals surface area (Å²) in [5.74, 6) is -7.92. The first-order valence-electron chi connectivity index (χ1n) is 24.1. The zero-order valence-corrected chi connectivity index (χ0v) is 46.7. The fraction of sp³-hybridized carbons (Fsp3) is 0.345. The van der Waals surface area contributed by atoms with Crippen LogP contribution in [0.3, 0.4) is 0 Å². The SMILES string of the molecule is C.C.CC(C)(CC(F)(F)F)C(=O)N[C@](Cc1ccccc1)(c1ccc(F)cc1)c1cc(F)cc(OC(F)(F)C(F)F)c1.CC(C)(CC(F)(F)F)C(=O)O.N[C@](Cc1ccccc1)(c1ccc(F)cc1)c1cc(F)cc(OC(F)(F)C(F)F)c1.O=S(Cl)Cl. The molecule has 87 heavy (non-hydrogen) atoms. The number of ether oxygens (including phenoxy) is 2. The lowest BCUT2D eigenvalue weighted by Gasteiger charge is -2.39. The molecule has 0 bridgehead atoms. The Morgan fingerprint density at radius 2 is 0.862 bits per heavy atom. The van der Waals surface area contributed by atoms with Crippen molar-refractivity contribution in [3.05, 3.63) is 202 Å². The molecule has 0 aliphatic heterocycles. The van der Waals surface area contributed by atoms with E-state index in [1.165, 1.54) is 24.3 Å². The molecule has 0 fully saturated rings. The van der Waals surface area contributed by atoms with Gasteiger partial charge in [-0.1, -0.05) is 114 Å². The highest BCUT2D eigenvalue weighted by atomic mass is 36.0. The number of nitrogens with two attached hydrogens (primary N) is 1. The summed E-state index contributed by atoms with van der Waals surface area (Å²) in [5, 5.41) is 10.8. The van der Waals surface area contributed by atoms with E-state index in [1.807, 2.05) is 0 Å². The van der Waals surface area contributed by atoms with Gasteiger partial charge in [0.25, 0.3) is 0 Å². The lowest BCUT2D eigenvalue weighted by atomic mass is 9.76. The summed E-state index contributed by atoms with van der Waals surface area (Å²) in [6.07, 6.45) is -30.4. The molecule has 0 radical (unpaired) electrons. The van der Waals surface area contributed by atoms with E-state index in [1.54, 1.807) is 60.7 Å². The minimum atomic E-state index is -5.01. The van der Waals surface area contributed by atoms with E-state index in [0.29, 0.717) is 23.3 Å². The molecule has 6 aromatic rings. The highest BCUT2D eigenvalue weighted by molar-refractivity contribution is 8.26. The Morgan fingerprint density at radius 1 is 0.517 bits per heavy atom. The maximum Gasteiger partial charge on any atom is 0.461 e. The van der Waals surface area contributed by atoms with E-state index in [0.717, 1.165) is 81.8 Å². The first-order valence-corrected chi connectivity index (χ1v) is 26.9. The van der Waals surface area contributed by atoms with E-state index in [-0.39, 0.29) is 44.4 Å². The average Bonchev–Trinajstić information content (AvgIpc) is 1.50. The number of carboxylic acids is 1. The number of benzene rings is 6. The van der Waals surface area contributed by atoms with Gasteiger partial charge in [0.15, 0.2) is 0 Å². The minimum absolute atomic E-state index is 0. The fourth-order valence-corrected chi connectivity index (χ4v) is 7.90. The summed E-state index contributed by atoms with van der Waals surface area (Å²) < 4.78 is 253. The molecule has 0 unspecified atom stereocenters. The number of carbonyl (C=O) groups excluding carboxylic acids is 1. The average molecular weight is 1320 g/mol. The molecule has 0 heterocycles. The molecular weight excluding hydrogens is 1270 g/mol. The highest BCUT2D eigenvalue weighted by Crippen LogP contribution is 2.42. The molecule has 0 aromatic heterocycles. The number of hydrogen-bond acceptors (Lipinski definition) is 6. The molecule has 8 nitrogen and oxygen atoms in total. The summed E-state index contributed by atoms with van der Waals surface area (Å²) in [4.78, 5) is 23.6. The summed E-state index contributed by atoms with van der Waals surface area (Å²) in [6, 6.07) is 30.7. The molecule has 0 saturated carbocycles. The van der Waals surface area contributed by atoms with Crippen LogP contribution >= 0.6 is 21.4 Å². The van der Waals surface area contributed by atoms with Crippen LogP contribution in [0.5, 0.6) is 11.5 Å². The zero-order chi connectivity index (χ0) is 64.7. The van der Waals surface area contributed by atoms with Gasteiger partial charge in [-0.25, -0.2) is 21.8 Å². The van der Waals surface area contributed by atoms with E-state index in [4.69, 9.17) is 15.0 Å². The van der Waals surface area contributed by atoms with Gasteiger partial charge >= 0.3 is 43.4 Å². The Balaban J connectivity index is 0.000000706. The van der Waals surface area contributed by atoms with Gasteiger partial charge in [-0.05, 0) is 102 Å². The van der Waals surface area contributed by atoms with Crippen molar-refractivity contribution in [2.24, 2.45) is 16.6 Å². The molecule has 1 amide bonds. The van der Waals surface area contributed by atoms with Gasteiger partial charge in [-0.2, -0.15) is 61.5 Å². The molecule has 0 saturated heterocycles. The predicted octanol–water partition coefficient (Wildman–Crippen LogP) is 17.8. The number of aliphatic carboxylic acids is 1. The Morgan fingerprint density at radius 3 is 1.22 bits per heavy atom. The van der Waals surface area contributed by atoms with Gasteiger partial charge < -0.3 is 25.6 Å². The number of hydrogen-bond donors (Lipinski definition) is 3. The Labute approximate surface area is 500 Å². The molecule has 482 valence electrons. The second kappa shape index (κ2) is 32.0. The maximum atomic E-state index is 14.8. The van der Waals surface area contributed by atoms with Gasteiger partial charge in [-0.15, -0.1) is 0 Å². The van der Waals surface area contributed by atoms with Gasteiger partial charge in [-0.3, -0.25) is 9.59 Å². The van der Waals surface area contributed by atoms with Crippen LogP contribution in [0.4, 0.5) is 79.0 Å². The summed E-state index contributed by atoms with van der Waals surface area (Å²) in [7, 11) is 7.36. The second-order valence-corrected chi connectivity index (χ2v) is 22.3. The van der Waals surface area contributed by atoms with Crippen LogP contribution in [0, 0.1) is 34.1 Å². The van der Waals surface area contributed by atoms with Crippen molar-refractivity contribution < 1.29 is 107 Å². The van der Waals surface area contributed by atoms with Crippen LogP contribution in [-0.2, 0) is 42.7 Å². The van der Waals surface area contributed by atoms with Crippen molar-refractivity contribution in [2.75, 3.05) is 0 Å². The minimum Gasteiger partial charge on any atom is -0.481 e. The van der Waals surface area contributed by atoms with Crippen molar-refractivity contribution >= 4 is 42.5 Å². The monoisotopic (exact) mass is 1320 g/mol. The predicted molar refractivity (Wildman–Crippen MR) is 293 cm³/mol. The smallest absolute Gasteiger partial charge is 0.461 e. The lowest BCUT2D eigenvalue weighted by molar-refractivity contribution is -0.253. The number of alkyl halides is 14.